The van der Waals surface area contributed by atoms with Gasteiger partial charge in [-0.05, 0) is 18.6 Å². The van der Waals surface area contributed by atoms with E-state index in [1.165, 1.54) is 6.07 Å². The molecule has 0 bridgehead atoms. The number of halogens is 1. The van der Waals surface area contributed by atoms with E-state index in [1.807, 2.05) is 0 Å². The Bertz CT molecular complexity index is 451. The van der Waals surface area contributed by atoms with Gasteiger partial charge in [-0.15, -0.1) is 0 Å². The number of anilines is 1. The van der Waals surface area contributed by atoms with Gasteiger partial charge in [0.2, 0.25) is 0 Å². The number of aliphatic hydroxyl groups excluding tert-OH is 3. The van der Waals surface area contributed by atoms with Crippen LogP contribution in [0.1, 0.15) is 28.4 Å². The Morgan fingerprint density at radius 2 is 2.00 bits per heavy atom. The molecule has 1 rings (SSSR count). The molecule has 0 saturated carbocycles. The number of carboxylic acid groups (broad SMARTS) is 1. The quantitative estimate of drug-likeness (QED) is 0.495. The number of nitrogen functional groups attached to an aromatic ring is 1. The van der Waals surface area contributed by atoms with Gasteiger partial charge in [0.15, 0.2) is 0 Å². The number of hydrogen-bond acceptors (Lipinski definition) is 5. The molecule has 0 fully saturated rings. The largest absolute Gasteiger partial charge is 0.478 e. The van der Waals surface area contributed by atoms with Crippen LogP contribution in [-0.4, -0.2) is 39.1 Å². The summed E-state index contributed by atoms with van der Waals surface area (Å²) < 4.78 is 0. The van der Waals surface area contributed by atoms with Crippen molar-refractivity contribution in [1.29, 1.82) is 0 Å². The lowest BCUT2D eigenvalue weighted by molar-refractivity contribution is 0.00455. The van der Waals surface area contributed by atoms with Crippen molar-refractivity contribution in [3.63, 3.8) is 0 Å². The Hall–Kier alpha value is -1.34. The second kappa shape index (κ2) is 6.01. The molecule has 0 radical (unpaired) electrons. The Balaban J connectivity index is 3.19. The first kappa shape index (κ1) is 14.7. The number of nitrogens with two attached hydrogens (primary N) is 1. The first-order valence-electron chi connectivity index (χ1n) is 5.17. The number of aromatic carboxylic acids is 1. The van der Waals surface area contributed by atoms with Crippen LogP contribution in [0.3, 0.4) is 0 Å². The molecule has 6 N–H and O–H groups in total. The maximum absolute atomic E-state index is 10.9. The fourth-order valence-electron chi connectivity index (χ4n) is 1.56. The number of aliphatic hydroxyl groups is 3. The van der Waals surface area contributed by atoms with Crippen molar-refractivity contribution >= 4 is 23.3 Å². The summed E-state index contributed by atoms with van der Waals surface area (Å²) in [7, 11) is 0. The number of rotatable bonds is 5. The number of benzene rings is 1. The van der Waals surface area contributed by atoms with Crippen LogP contribution in [0.2, 0.25) is 5.02 Å². The zero-order valence-corrected chi connectivity index (χ0v) is 10.1. The highest BCUT2D eigenvalue weighted by Crippen LogP contribution is 2.30. The Kier molecular flexibility index (Phi) is 4.92. The Labute approximate surface area is 108 Å². The summed E-state index contributed by atoms with van der Waals surface area (Å²) in [5, 5.41) is 37.1. The predicted octanol–water partition coefficient (Wildman–Crippen LogP) is 0.397. The van der Waals surface area contributed by atoms with E-state index in [2.05, 4.69) is 0 Å². The van der Waals surface area contributed by atoms with Gasteiger partial charge in [-0.25, -0.2) is 4.79 Å². The molecule has 0 aliphatic rings. The van der Waals surface area contributed by atoms with Crippen LogP contribution in [0.25, 0.3) is 0 Å². The van der Waals surface area contributed by atoms with Crippen LogP contribution in [0.5, 0.6) is 0 Å². The molecule has 0 spiro atoms. The second-order valence-corrected chi connectivity index (χ2v) is 4.22. The van der Waals surface area contributed by atoms with Crippen molar-refractivity contribution in [1.82, 2.24) is 0 Å². The lowest BCUT2D eigenvalue weighted by atomic mass is 9.98. The van der Waals surface area contributed by atoms with Gasteiger partial charge >= 0.3 is 5.97 Å². The van der Waals surface area contributed by atoms with Gasteiger partial charge in [0, 0.05) is 17.2 Å². The highest BCUT2D eigenvalue weighted by Gasteiger charge is 2.23. The average Bonchev–Trinajstić information content (AvgIpc) is 2.30. The van der Waals surface area contributed by atoms with Gasteiger partial charge in [-0.2, -0.15) is 0 Å². The molecule has 100 valence electrons. The van der Waals surface area contributed by atoms with Crippen molar-refractivity contribution in [2.75, 3.05) is 12.3 Å². The third-order valence-corrected chi connectivity index (χ3v) is 2.73. The SMILES string of the molecule is Nc1c(C(=O)O)cc(Cl)cc1C(O)C(O)CCO. The molecule has 2 atom stereocenters. The molecule has 1 aromatic carbocycles. The van der Waals surface area contributed by atoms with Crippen LogP contribution in [-0.2, 0) is 0 Å². The second-order valence-electron chi connectivity index (χ2n) is 3.79. The molecule has 0 heterocycles. The number of carboxylic acids is 1. The highest BCUT2D eigenvalue weighted by molar-refractivity contribution is 6.31. The van der Waals surface area contributed by atoms with Gasteiger partial charge in [0.05, 0.1) is 17.4 Å². The molecular weight excluding hydrogens is 262 g/mol. The van der Waals surface area contributed by atoms with E-state index in [9.17, 15) is 15.0 Å². The topological polar surface area (TPSA) is 124 Å². The Morgan fingerprint density at radius 3 is 2.50 bits per heavy atom. The summed E-state index contributed by atoms with van der Waals surface area (Å²) in [5.41, 5.74) is 5.24. The summed E-state index contributed by atoms with van der Waals surface area (Å²) in [4.78, 5) is 10.9. The van der Waals surface area contributed by atoms with Gasteiger partial charge in [0.1, 0.15) is 6.10 Å². The van der Waals surface area contributed by atoms with E-state index in [4.69, 9.17) is 27.5 Å². The predicted molar refractivity (Wildman–Crippen MR) is 65.5 cm³/mol. The van der Waals surface area contributed by atoms with Crippen molar-refractivity contribution in [3.8, 4) is 0 Å². The van der Waals surface area contributed by atoms with Crippen LogP contribution in [0.15, 0.2) is 12.1 Å². The summed E-state index contributed by atoms with van der Waals surface area (Å²) >= 11 is 5.73. The van der Waals surface area contributed by atoms with Crippen LogP contribution < -0.4 is 5.73 Å². The Morgan fingerprint density at radius 1 is 1.39 bits per heavy atom. The van der Waals surface area contributed by atoms with Crippen LogP contribution in [0, 0.1) is 0 Å². The normalized spacial score (nSPS) is 14.2. The monoisotopic (exact) mass is 275 g/mol. The minimum absolute atomic E-state index is 0.0286. The van der Waals surface area contributed by atoms with E-state index in [0.717, 1.165) is 6.07 Å². The fourth-order valence-corrected chi connectivity index (χ4v) is 1.78. The smallest absolute Gasteiger partial charge is 0.337 e. The minimum atomic E-state index is -1.41. The zero-order valence-electron chi connectivity index (χ0n) is 9.38. The van der Waals surface area contributed by atoms with E-state index in [-0.39, 0.29) is 34.9 Å². The molecule has 1 aromatic rings. The molecular formula is C11H14ClNO5. The summed E-state index contributed by atoms with van der Waals surface area (Å²) in [6.07, 6.45) is -2.72. The highest BCUT2D eigenvalue weighted by atomic mass is 35.5. The lowest BCUT2D eigenvalue weighted by Crippen LogP contribution is -2.21. The number of hydrogen-bond donors (Lipinski definition) is 5. The molecule has 18 heavy (non-hydrogen) atoms. The third-order valence-electron chi connectivity index (χ3n) is 2.52. The lowest BCUT2D eigenvalue weighted by Gasteiger charge is -2.20. The van der Waals surface area contributed by atoms with E-state index in [0.29, 0.717) is 0 Å². The molecule has 0 aliphatic carbocycles. The van der Waals surface area contributed by atoms with Crippen molar-refractivity contribution in [2.24, 2.45) is 0 Å². The fraction of sp³-hybridized carbons (Fsp3) is 0.364. The van der Waals surface area contributed by atoms with Gasteiger partial charge in [0.25, 0.3) is 0 Å². The number of carbonyl (C=O) groups is 1. The molecule has 2 unspecified atom stereocenters. The average molecular weight is 276 g/mol. The summed E-state index contributed by atoms with van der Waals surface area (Å²) in [6.45, 7) is -0.315. The first-order chi connectivity index (χ1) is 8.38. The maximum atomic E-state index is 10.9. The summed E-state index contributed by atoms with van der Waals surface area (Å²) in [6, 6.07) is 2.45. The third kappa shape index (κ3) is 3.11. The summed E-state index contributed by atoms with van der Waals surface area (Å²) in [5.74, 6) is -1.28. The van der Waals surface area contributed by atoms with Crippen molar-refractivity contribution < 1.29 is 25.2 Å². The molecule has 0 aromatic heterocycles. The molecule has 7 heteroatoms. The van der Waals surface area contributed by atoms with Gasteiger partial charge in [-0.3, -0.25) is 0 Å². The van der Waals surface area contributed by atoms with Gasteiger partial charge in [-0.1, -0.05) is 11.6 Å². The first-order valence-corrected chi connectivity index (χ1v) is 5.55. The van der Waals surface area contributed by atoms with E-state index >= 15 is 0 Å². The maximum Gasteiger partial charge on any atom is 0.337 e. The molecule has 6 nitrogen and oxygen atoms in total. The van der Waals surface area contributed by atoms with E-state index in [1.54, 1.807) is 0 Å². The minimum Gasteiger partial charge on any atom is -0.478 e. The molecule has 0 amide bonds. The van der Waals surface area contributed by atoms with E-state index < -0.39 is 18.2 Å². The molecule has 0 saturated heterocycles. The standard InChI is InChI=1S/C11H14ClNO5/c12-5-3-6(10(16)8(15)1-2-14)9(13)7(4-5)11(17)18/h3-4,8,10,14-16H,1-2,13H2,(H,17,18). The molecule has 0 aliphatic heterocycles. The van der Waals surface area contributed by atoms with Crippen molar-refractivity contribution in [3.05, 3.63) is 28.3 Å². The zero-order chi connectivity index (χ0) is 13.9. The van der Waals surface area contributed by atoms with Gasteiger partial charge < -0.3 is 26.2 Å². The van der Waals surface area contributed by atoms with Crippen LogP contribution >= 0.6 is 11.6 Å². The van der Waals surface area contributed by atoms with Crippen LogP contribution in [0.4, 0.5) is 5.69 Å². The van der Waals surface area contributed by atoms with Crippen molar-refractivity contribution in [2.45, 2.75) is 18.6 Å².